The van der Waals surface area contributed by atoms with E-state index < -0.39 is 0 Å². The molecule has 0 radical (unpaired) electrons. The van der Waals surface area contributed by atoms with E-state index in [1.807, 2.05) is 62.4 Å². The first-order valence-corrected chi connectivity index (χ1v) is 12.1. The summed E-state index contributed by atoms with van der Waals surface area (Å²) in [7, 11) is 0. The van der Waals surface area contributed by atoms with Gasteiger partial charge in [0.2, 0.25) is 0 Å². The zero-order chi connectivity index (χ0) is 23.2. The molecule has 4 aromatic rings. The van der Waals surface area contributed by atoms with Gasteiger partial charge in [-0.3, -0.25) is 4.79 Å². The number of rotatable bonds is 7. The van der Waals surface area contributed by atoms with Gasteiger partial charge in [0.05, 0.1) is 4.90 Å². The number of nitrogens with zero attached hydrogens (tertiary/aromatic N) is 2. The van der Waals surface area contributed by atoms with Gasteiger partial charge in [-0.25, -0.2) is 14.4 Å². The van der Waals surface area contributed by atoms with Crippen LogP contribution in [0.25, 0.3) is 0 Å². The molecule has 3 aromatic carbocycles. The summed E-state index contributed by atoms with van der Waals surface area (Å²) in [6, 6.07) is 22.0. The van der Waals surface area contributed by atoms with Crippen molar-refractivity contribution in [2.45, 2.75) is 34.5 Å². The Bertz CT molecular complexity index is 1240. The number of carbonyl (C=O) groups is 1. The van der Waals surface area contributed by atoms with E-state index >= 15 is 0 Å². The predicted octanol–water partition coefficient (Wildman–Crippen LogP) is 6.93. The van der Waals surface area contributed by atoms with Crippen molar-refractivity contribution in [3.8, 4) is 0 Å². The summed E-state index contributed by atoms with van der Waals surface area (Å²) in [6.07, 6.45) is 1.69. The van der Waals surface area contributed by atoms with E-state index in [2.05, 4.69) is 15.3 Å². The lowest BCUT2D eigenvalue weighted by Crippen LogP contribution is -2.16. The smallest absolute Gasteiger partial charge is 0.275 e. The molecule has 1 aromatic heterocycles. The number of carbonyl (C=O) groups excluding carboxylic acids is 1. The Kier molecular flexibility index (Phi) is 7.42. The quantitative estimate of drug-likeness (QED) is 0.232. The van der Waals surface area contributed by atoms with Crippen LogP contribution in [0.4, 0.5) is 10.1 Å². The molecule has 0 saturated carbocycles. The maximum absolute atomic E-state index is 13.2. The number of halogens is 1. The zero-order valence-corrected chi connectivity index (χ0v) is 19.8. The summed E-state index contributed by atoms with van der Waals surface area (Å²) in [5, 5.41) is 3.42. The molecule has 0 saturated heterocycles. The summed E-state index contributed by atoms with van der Waals surface area (Å²) in [4.78, 5) is 23.9. The molecule has 0 spiro atoms. The van der Waals surface area contributed by atoms with Crippen LogP contribution in [0.2, 0.25) is 0 Å². The number of benzene rings is 3. The van der Waals surface area contributed by atoms with E-state index in [1.54, 1.807) is 18.3 Å². The Balaban J connectivity index is 1.58. The molecular formula is C26H22FN3OS2. The Hall–Kier alpha value is -3.16. The molecule has 4 nitrogen and oxygen atoms in total. The monoisotopic (exact) mass is 475 g/mol. The van der Waals surface area contributed by atoms with Gasteiger partial charge in [0.15, 0.2) is 5.16 Å². The lowest BCUT2D eigenvalue weighted by Gasteiger charge is -2.11. The Morgan fingerprint density at radius 2 is 1.55 bits per heavy atom. The zero-order valence-electron chi connectivity index (χ0n) is 18.2. The van der Waals surface area contributed by atoms with Gasteiger partial charge < -0.3 is 5.32 Å². The van der Waals surface area contributed by atoms with Gasteiger partial charge >= 0.3 is 0 Å². The summed E-state index contributed by atoms with van der Waals surface area (Å²) in [5.41, 5.74) is 4.26. The fraction of sp³-hybridized carbons (Fsp3) is 0.115. The second-order valence-corrected chi connectivity index (χ2v) is 9.57. The first-order valence-electron chi connectivity index (χ1n) is 10.3. The average Bonchev–Trinajstić information content (AvgIpc) is 2.82. The third kappa shape index (κ3) is 6.43. The molecule has 1 amide bonds. The SMILES string of the molecule is Cc1ccc(NC(=O)c2nc(SCc3ccc(F)cc3)ncc2Sc2ccc(C)cc2)cc1. The maximum Gasteiger partial charge on any atom is 0.275 e. The predicted molar refractivity (Wildman–Crippen MR) is 132 cm³/mol. The molecule has 1 N–H and O–H groups in total. The van der Waals surface area contributed by atoms with Crippen LogP contribution in [0.15, 0.2) is 93.9 Å². The largest absolute Gasteiger partial charge is 0.321 e. The molecule has 1 heterocycles. The summed E-state index contributed by atoms with van der Waals surface area (Å²) < 4.78 is 13.2. The molecule has 7 heteroatoms. The van der Waals surface area contributed by atoms with E-state index in [-0.39, 0.29) is 11.7 Å². The van der Waals surface area contributed by atoms with Gasteiger partial charge in [-0.05, 0) is 55.8 Å². The highest BCUT2D eigenvalue weighted by atomic mass is 32.2. The molecule has 0 fully saturated rings. The highest BCUT2D eigenvalue weighted by molar-refractivity contribution is 7.99. The van der Waals surface area contributed by atoms with Crippen molar-refractivity contribution in [2.24, 2.45) is 0 Å². The Labute approximate surface area is 201 Å². The van der Waals surface area contributed by atoms with Crippen LogP contribution in [0.5, 0.6) is 0 Å². The van der Waals surface area contributed by atoms with Crippen LogP contribution in [0, 0.1) is 19.7 Å². The number of anilines is 1. The number of amides is 1. The van der Waals surface area contributed by atoms with Crippen LogP contribution >= 0.6 is 23.5 Å². The van der Waals surface area contributed by atoms with E-state index in [9.17, 15) is 9.18 Å². The van der Waals surface area contributed by atoms with Gasteiger partial charge in [0.25, 0.3) is 5.91 Å². The lowest BCUT2D eigenvalue weighted by molar-refractivity contribution is 0.101. The van der Waals surface area contributed by atoms with E-state index in [0.717, 1.165) is 16.0 Å². The number of aryl methyl sites for hydroxylation is 2. The topological polar surface area (TPSA) is 54.9 Å². The number of thioether (sulfide) groups is 1. The molecule has 0 unspecified atom stereocenters. The standard InChI is InChI=1S/C26H22FN3OS2/c1-17-3-11-21(12-4-17)29-25(31)24-23(33-22-13-5-18(2)6-14-22)15-28-26(30-24)32-16-19-7-9-20(27)10-8-19/h3-15H,16H2,1-2H3,(H,29,31). The third-order valence-corrected chi connectivity index (χ3v) is 6.75. The van der Waals surface area contributed by atoms with Crippen LogP contribution in [0.1, 0.15) is 27.2 Å². The van der Waals surface area contributed by atoms with Crippen LogP contribution in [-0.2, 0) is 5.75 Å². The summed E-state index contributed by atoms with van der Waals surface area (Å²) in [5.74, 6) is 0.0102. The van der Waals surface area contributed by atoms with Crippen molar-refractivity contribution >= 4 is 35.1 Å². The van der Waals surface area contributed by atoms with Gasteiger partial charge in [-0.1, -0.05) is 71.0 Å². The molecular weight excluding hydrogens is 453 g/mol. The number of hydrogen-bond donors (Lipinski definition) is 1. The minimum absolute atomic E-state index is 0.271. The maximum atomic E-state index is 13.2. The van der Waals surface area contributed by atoms with Gasteiger partial charge in [-0.2, -0.15) is 0 Å². The molecule has 0 bridgehead atoms. The van der Waals surface area contributed by atoms with Crippen molar-refractivity contribution in [1.29, 1.82) is 0 Å². The van der Waals surface area contributed by atoms with Crippen LogP contribution in [-0.4, -0.2) is 15.9 Å². The van der Waals surface area contributed by atoms with Gasteiger partial charge in [0, 0.05) is 22.5 Å². The molecule has 0 aliphatic heterocycles. The van der Waals surface area contributed by atoms with Crippen LogP contribution in [0.3, 0.4) is 0 Å². The Morgan fingerprint density at radius 1 is 0.909 bits per heavy atom. The van der Waals surface area contributed by atoms with Gasteiger partial charge in [-0.15, -0.1) is 0 Å². The fourth-order valence-corrected chi connectivity index (χ4v) is 4.59. The second kappa shape index (κ2) is 10.6. The molecule has 0 aliphatic carbocycles. The molecule has 33 heavy (non-hydrogen) atoms. The van der Waals surface area contributed by atoms with Crippen LogP contribution < -0.4 is 5.32 Å². The van der Waals surface area contributed by atoms with Gasteiger partial charge in [0.1, 0.15) is 11.5 Å². The first kappa shape index (κ1) is 23.0. The number of nitrogens with one attached hydrogen (secondary N) is 1. The van der Waals surface area contributed by atoms with Crippen molar-refractivity contribution in [3.05, 3.63) is 107 Å². The lowest BCUT2D eigenvalue weighted by atomic mass is 10.2. The molecule has 0 atom stereocenters. The van der Waals surface area contributed by atoms with Crippen molar-refractivity contribution in [3.63, 3.8) is 0 Å². The number of hydrogen-bond acceptors (Lipinski definition) is 5. The van der Waals surface area contributed by atoms with Crippen molar-refractivity contribution in [1.82, 2.24) is 9.97 Å². The van der Waals surface area contributed by atoms with Crippen molar-refractivity contribution < 1.29 is 9.18 Å². The second-order valence-electron chi connectivity index (χ2n) is 7.52. The molecule has 166 valence electrons. The summed E-state index contributed by atoms with van der Waals surface area (Å²) in [6.45, 7) is 4.03. The minimum atomic E-state index is -0.292. The number of aromatic nitrogens is 2. The van der Waals surface area contributed by atoms with E-state index in [0.29, 0.717) is 27.2 Å². The fourth-order valence-electron chi connectivity index (χ4n) is 2.95. The summed E-state index contributed by atoms with van der Waals surface area (Å²) >= 11 is 2.85. The average molecular weight is 476 g/mol. The highest BCUT2D eigenvalue weighted by Gasteiger charge is 2.17. The normalized spacial score (nSPS) is 10.8. The minimum Gasteiger partial charge on any atom is -0.321 e. The van der Waals surface area contributed by atoms with E-state index in [4.69, 9.17) is 0 Å². The van der Waals surface area contributed by atoms with Crippen molar-refractivity contribution in [2.75, 3.05) is 5.32 Å². The molecule has 0 aliphatic rings. The Morgan fingerprint density at radius 3 is 2.21 bits per heavy atom. The highest BCUT2D eigenvalue weighted by Crippen LogP contribution is 2.31. The molecule has 4 rings (SSSR count). The first-order chi connectivity index (χ1) is 16.0. The third-order valence-electron chi connectivity index (χ3n) is 4.79. The van der Waals surface area contributed by atoms with E-state index in [1.165, 1.54) is 41.2 Å².